The SMILES string of the molecule is CC(C)(C)C1CCCN(CC2(CN)CCC2)CC1. The molecular weight excluding hydrogens is 220 g/mol. The number of likely N-dealkylation sites (tertiary alicyclic amines) is 1. The van der Waals surface area contributed by atoms with Crippen molar-refractivity contribution in [3.8, 4) is 0 Å². The zero-order valence-corrected chi connectivity index (χ0v) is 12.7. The van der Waals surface area contributed by atoms with Crippen molar-refractivity contribution in [2.24, 2.45) is 22.5 Å². The normalized spacial score (nSPS) is 29.7. The van der Waals surface area contributed by atoms with E-state index in [9.17, 15) is 0 Å². The van der Waals surface area contributed by atoms with E-state index in [0.29, 0.717) is 10.8 Å². The van der Waals surface area contributed by atoms with Crippen molar-refractivity contribution in [1.82, 2.24) is 4.90 Å². The van der Waals surface area contributed by atoms with Crippen molar-refractivity contribution in [2.45, 2.75) is 59.3 Å². The van der Waals surface area contributed by atoms with Crippen LogP contribution >= 0.6 is 0 Å². The van der Waals surface area contributed by atoms with Crippen molar-refractivity contribution in [1.29, 1.82) is 0 Å². The Labute approximate surface area is 113 Å². The molecular formula is C16H32N2. The van der Waals surface area contributed by atoms with E-state index in [4.69, 9.17) is 5.73 Å². The van der Waals surface area contributed by atoms with Gasteiger partial charge in [0.15, 0.2) is 0 Å². The van der Waals surface area contributed by atoms with Crippen LogP contribution in [0.3, 0.4) is 0 Å². The van der Waals surface area contributed by atoms with E-state index in [1.807, 2.05) is 0 Å². The molecule has 0 aromatic heterocycles. The van der Waals surface area contributed by atoms with Crippen molar-refractivity contribution in [3.63, 3.8) is 0 Å². The average Bonchev–Trinajstić information content (AvgIpc) is 2.48. The molecule has 0 bridgehead atoms. The predicted octanol–water partition coefficient (Wildman–Crippen LogP) is 3.26. The molecule has 0 radical (unpaired) electrons. The lowest BCUT2D eigenvalue weighted by Crippen LogP contribution is -2.47. The molecule has 18 heavy (non-hydrogen) atoms. The number of nitrogens with zero attached hydrogens (tertiary/aromatic N) is 1. The maximum atomic E-state index is 5.99. The molecule has 1 aliphatic carbocycles. The minimum Gasteiger partial charge on any atom is -0.330 e. The second-order valence-electron chi connectivity index (χ2n) is 7.83. The van der Waals surface area contributed by atoms with Crippen LogP contribution in [0.2, 0.25) is 0 Å². The molecule has 2 aliphatic rings. The van der Waals surface area contributed by atoms with Gasteiger partial charge in [-0.05, 0) is 68.5 Å². The fraction of sp³-hybridized carbons (Fsp3) is 1.00. The summed E-state index contributed by atoms with van der Waals surface area (Å²) in [5.41, 5.74) is 6.97. The Bertz CT molecular complexity index is 257. The highest BCUT2D eigenvalue weighted by molar-refractivity contribution is 4.92. The highest BCUT2D eigenvalue weighted by Crippen LogP contribution is 2.41. The van der Waals surface area contributed by atoms with Crippen molar-refractivity contribution < 1.29 is 0 Å². The quantitative estimate of drug-likeness (QED) is 0.835. The van der Waals surface area contributed by atoms with E-state index in [1.165, 1.54) is 58.2 Å². The smallest absolute Gasteiger partial charge is 0.00501 e. The predicted molar refractivity (Wildman–Crippen MR) is 78.6 cm³/mol. The van der Waals surface area contributed by atoms with E-state index in [1.54, 1.807) is 0 Å². The van der Waals surface area contributed by atoms with E-state index in [2.05, 4.69) is 25.7 Å². The van der Waals surface area contributed by atoms with Crippen LogP contribution in [0.4, 0.5) is 0 Å². The molecule has 1 unspecified atom stereocenters. The molecule has 1 atom stereocenters. The second-order valence-corrected chi connectivity index (χ2v) is 7.83. The molecule has 106 valence electrons. The standard InChI is InChI=1S/C16H32N2/c1-15(2,3)14-6-4-10-18(11-7-14)13-16(12-17)8-5-9-16/h14H,4-13,17H2,1-3H3. The minimum absolute atomic E-state index is 0.484. The topological polar surface area (TPSA) is 29.3 Å². The van der Waals surface area contributed by atoms with Crippen molar-refractivity contribution in [3.05, 3.63) is 0 Å². The van der Waals surface area contributed by atoms with E-state index in [0.717, 1.165) is 12.5 Å². The first-order valence-corrected chi connectivity index (χ1v) is 7.88. The first-order valence-electron chi connectivity index (χ1n) is 7.88. The Balaban J connectivity index is 1.85. The van der Waals surface area contributed by atoms with Crippen LogP contribution in [0.1, 0.15) is 59.3 Å². The van der Waals surface area contributed by atoms with E-state index in [-0.39, 0.29) is 0 Å². The third kappa shape index (κ3) is 3.27. The van der Waals surface area contributed by atoms with Crippen molar-refractivity contribution >= 4 is 0 Å². The van der Waals surface area contributed by atoms with Gasteiger partial charge in [0.05, 0.1) is 0 Å². The van der Waals surface area contributed by atoms with Crippen LogP contribution in [-0.2, 0) is 0 Å². The average molecular weight is 252 g/mol. The number of rotatable bonds is 3. The molecule has 0 aromatic rings. The molecule has 2 fully saturated rings. The largest absolute Gasteiger partial charge is 0.330 e. The Hall–Kier alpha value is -0.0800. The van der Waals surface area contributed by atoms with Gasteiger partial charge in [-0.15, -0.1) is 0 Å². The Morgan fingerprint density at radius 1 is 1.11 bits per heavy atom. The number of hydrogen-bond acceptors (Lipinski definition) is 2. The zero-order chi connectivity index (χ0) is 13.2. The highest BCUT2D eigenvalue weighted by atomic mass is 15.1. The molecule has 0 aromatic carbocycles. The molecule has 0 spiro atoms. The van der Waals surface area contributed by atoms with Gasteiger partial charge in [0, 0.05) is 6.54 Å². The summed E-state index contributed by atoms with van der Waals surface area (Å²) in [5.74, 6) is 0.901. The van der Waals surface area contributed by atoms with Gasteiger partial charge in [-0.2, -0.15) is 0 Å². The fourth-order valence-corrected chi connectivity index (χ4v) is 3.76. The lowest BCUT2D eigenvalue weighted by Gasteiger charge is -2.44. The second kappa shape index (κ2) is 5.50. The maximum absolute atomic E-state index is 5.99. The van der Waals surface area contributed by atoms with Gasteiger partial charge in [0.1, 0.15) is 0 Å². The third-order valence-corrected chi connectivity index (χ3v) is 5.45. The maximum Gasteiger partial charge on any atom is 0.00501 e. The summed E-state index contributed by atoms with van der Waals surface area (Å²) in [5, 5.41) is 0. The first kappa shape index (κ1) is 14.3. The number of hydrogen-bond donors (Lipinski definition) is 1. The fourth-order valence-electron chi connectivity index (χ4n) is 3.76. The van der Waals surface area contributed by atoms with Crippen molar-refractivity contribution in [2.75, 3.05) is 26.2 Å². The highest BCUT2D eigenvalue weighted by Gasteiger charge is 2.37. The summed E-state index contributed by atoms with van der Waals surface area (Å²) in [7, 11) is 0. The molecule has 2 rings (SSSR count). The van der Waals surface area contributed by atoms with E-state index >= 15 is 0 Å². The molecule has 0 amide bonds. The lowest BCUT2D eigenvalue weighted by molar-refractivity contribution is 0.0747. The van der Waals surface area contributed by atoms with Crippen LogP contribution in [0.5, 0.6) is 0 Å². The van der Waals surface area contributed by atoms with Crippen LogP contribution in [0.15, 0.2) is 0 Å². The van der Waals surface area contributed by atoms with Gasteiger partial charge in [0.2, 0.25) is 0 Å². The number of nitrogens with two attached hydrogens (primary N) is 1. The lowest BCUT2D eigenvalue weighted by atomic mass is 9.68. The van der Waals surface area contributed by atoms with Gasteiger partial charge in [-0.3, -0.25) is 0 Å². The summed E-state index contributed by atoms with van der Waals surface area (Å²) in [6, 6.07) is 0. The molecule has 2 nitrogen and oxygen atoms in total. The summed E-state index contributed by atoms with van der Waals surface area (Å²) in [6.07, 6.45) is 8.30. The molecule has 1 heterocycles. The minimum atomic E-state index is 0.484. The van der Waals surface area contributed by atoms with Gasteiger partial charge in [-0.1, -0.05) is 27.2 Å². The Morgan fingerprint density at radius 3 is 2.33 bits per heavy atom. The van der Waals surface area contributed by atoms with Crippen LogP contribution in [-0.4, -0.2) is 31.1 Å². The zero-order valence-electron chi connectivity index (χ0n) is 12.7. The van der Waals surface area contributed by atoms with Gasteiger partial charge in [0.25, 0.3) is 0 Å². The summed E-state index contributed by atoms with van der Waals surface area (Å²) >= 11 is 0. The van der Waals surface area contributed by atoms with Gasteiger partial charge < -0.3 is 10.6 Å². The summed E-state index contributed by atoms with van der Waals surface area (Å²) in [6.45, 7) is 12.0. The van der Waals surface area contributed by atoms with Gasteiger partial charge >= 0.3 is 0 Å². The molecule has 1 saturated heterocycles. The summed E-state index contributed by atoms with van der Waals surface area (Å²) in [4.78, 5) is 2.71. The van der Waals surface area contributed by atoms with Crippen LogP contribution in [0.25, 0.3) is 0 Å². The third-order valence-electron chi connectivity index (χ3n) is 5.45. The monoisotopic (exact) mass is 252 g/mol. The van der Waals surface area contributed by atoms with Crippen LogP contribution < -0.4 is 5.73 Å². The molecule has 1 aliphatic heterocycles. The summed E-state index contributed by atoms with van der Waals surface area (Å²) < 4.78 is 0. The Morgan fingerprint density at radius 2 is 1.83 bits per heavy atom. The van der Waals surface area contributed by atoms with Crippen LogP contribution in [0, 0.1) is 16.7 Å². The Kier molecular flexibility index (Phi) is 4.38. The molecule has 2 heteroatoms. The molecule has 1 saturated carbocycles. The van der Waals surface area contributed by atoms with E-state index < -0.39 is 0 Å². The molecule has 2 N–H and O–H groups in total. The first-order chi connectivity index (χ1) is 8.45. The van der Waals surface area contributed by atoms with Gasteiger partial charge in [-0.25, -0.2) is 0 Å².